The molecule has 0 bridgehead atoms. The van der Waals surface area contributed by atoms with Crippen LogP contribution in [0.25, 0.3) is 0 Å². The molecule has 2 rings (SSSR count). The molecule has 1 aromatic rings. The van der Waals surface area contributed by atoms with Gasteiger partial charge in [-0.05, 0) is 31.0 Å². The van der Waals surface area contributed by atoms with E-state index in [2.05, 4.69) is 10.6 Å². The SMILES string of the molecule is COc1ccc(NC(C)=O)cc1NC(=O)[C@H]1CC=CC[C@H]1C(=O)O. The second-order valence-corrected chi connectivity index (χ2v) is 5.58. The zero-order valence-electron chi connectivity index (χ0n) is 13.5. The average Bonchev–Trinajstić information content (AvgIpc) is 2.54. The maximum Gasteiger partial charge on any atom is 0.307 e. The van der Waals surface area contributed by atoms with Crippen LogP contribution in [0.3, 0.4) is 0 Å². The van der Waals surface area contributed by atoms with Gasteiger partial charge < -0.3 is 20.5 Å². The molecule has 0 aromatic heterocycles. The molecule has 3 N–H and O–H groups in total. The van der Waals surface area contributed by atoms with Crippen LogP contribution in [0.4, 0.5) is 11.4 Å². The van der Waals surface area contributed by atoms with Crippen molar-refractivity contribution in [2.75, 3.05) is 17.7 Å². The van der Waals surface area contributed by atoms with Crippen molar-refractivity contribution in [2.45, 2.75) is 19.8 Å². The molecule has 1 aromatic carbocycles. The zero-order chi connectivity index (χ0) is 17.7. The third-order valence-corrected chi connectivity index (χ3v) is 3.86. The van der Waals surface area contributed by atoms with Gasteiger partial charge in [0.25, 0.3) is 0 Å². The van der Waals surface area contributed by atoms with Crippen molar-refractivity contribution in [3.05, 3.63) is 30.4 Å². The Morgan fingerprint density at radius 2 is 1.79 bits per heavy atom. The van der Waals surface area contributed by atoms with Crippen LogP contribution in [-0.4, -0.2) is 30.0 Å². The fraction of sp³-hybridized carbons (Fsp3) is 0.353. The molecule has 2 amide bonds. The molecule has 0 saturated carbocycles. The summed E-state index contributed by atoms with van der Waals surface area (Å²) in [5, 5.41) is 14.6. The smallest absolute Gasteiger partial charge is 0.307 e. The van der Waals surface area contributed by atoms with Gasteiger partial charge in [-0.2, -0.15) is 0 Å². The molecule has 24 heavy (non-hydrogen) atoms. The molecule has 0 unspecified atom stereocenters. The maximum absolute atomic E-state index is 12.5. The highest BCUT2D eigenvalue weighted by atomic mass is 16.5. The molecular formula is C17H20N2O5. The average molecular weight is 332 g/mol. The van der Waals surface area contributed by atoms with E-state index in [1.807, 2.05) is 6.08 Å². The molecule has 0 aliphatic heterocycles. The number of benzene rings is 1. The van der Waals surface area contributed by atoms with Gasteiger partial charge in [0.1, 0.15) is 5.75 Å². The lowest BCUT2D eigenvalue weighted by atomic mass is 9.82. The van der Waals surface area contributed by atoms with Crippen molar-refractivity contribution in [3.63, 3.8) is 0 Å². The van der Waals surface area contributed by atoms with E-state index in [-0.39, 0.29) is 11.8 Å². The van der Waals surface area contributed by atoms with Gasteiger partial charge in [0.2, 0.25) is 11.8 Å². The summed E-state index contributed by atoms with van der Waals surface area (Å²) in [5.74, 6) is -2.58. The first-order valence-electron chi connectivity index (χ1n) is 7.56. The second kappa shape index (κ2) is 7.63. The Morgan fingerprint density at radius 3 is 2.38 bits per heavy atom. The van der Waals surface area contributed by atoms with E-state index in [1.54, 1.807) is 24.3 Å². The number of carboxylic acids is 1. The molecule has 0 radical (unpaired) electrons. The van der Waals surface area contributed by atoms with Crippen LogP contribution in [0.5, 0.6) is 5.75 Å². The van der Waals surface area contributed by atoms with Crippen LogP contribution in [0.2, 0.25) is 0 Å². The highest BCUT2D eigenvalue weighted by molar-refractivity contribution is 5.98. The van der Waals surface area contributed by atoms with Crippen LogP contribution in [-0.2, 0) is 14.4 Å². The van der Waals surface area contributed by atoms with Gasteiger partial charge in [-0.1, -0.05) is 12.2 Å². The van der Waals surface area contributed by atoms with Gasteiger partial charge in [-0.25, -0.2) is 0 Å². The van der Waals surface area contributed by atoms with Gasteiger partial charge in [0.15, 0.2) is 0 Å². The maximum atomic E-state index is 12.5. The van der Waals surface area contributed by atoms with E-state index in [1.165, 1.54) is 14.0 Å². The number of carbonyl (C=O) groups is 3. The Bertz CT molecular complexity index is 684. The molecule has 0 spiro atoms. The van der Waals surface area contributed by atoms with Gasteiger partial charge in [0, 0.05) is 12.6 Å². The molecule has 7 nitrogen and oxygen atoms in total. The third-order valence-electron chi connectivity index (χ3n) is 3.86. The minimum absolute atomic E-state index is 0.235. The minimum atomic E-state index is -0.988. The number of hydrogen-bond acceptors (Lipinski definition) is 4. The highest BCUT2D eigenvalue weighted by Crippen LogP contribution is 2.31. The molecule has 0 saturated heterocycles. The lowest BCUT2D eigenvalue weighted by Gasteiger charge is -2.24. The quantitative estimate of drug-likeness (QED) is 0.717. The summed E-state index contributed by atoms with van der Waals surface area (Å²) in [5.41, 5.74) is 0.893. The predicted molar refractivity (Wildman–Crippen MR) is 88.9 cm³/mol. The summed E-state index contributed by atoms with van der Waals surface area (Å²) in [7, 11) is 1.46. The highest BCUT2D eigenvalue weighted by Gasteiger charge is 2.34. The Morgan fingerprint density at radius 1 is 1.12 bits per heavy atom. The summed E-state index contributed by atoms with van der Waals surface area (Å²) in [6.45, 7) is 1.38. The lowest BCUT2D eigenvalue weighted by molar-refractivity contribution is -0.146. The van der Waals surface area contributed by atoms with Crippen LogP contribution >= 0.6 is 0 Å². The molecule has 1 aliphatic rings. The number of ether oxygens (including phenoxy) is 1. The van der Waals surface area contributed by atoms with Crippen LogP contribution in [0.15, 0.2) is 30.4 Å². The van der Waals surface area contributed by atoms with Crippen LogP contribution < -0.4 is 15.4 Å². The molecule has 2 atom stereocenters. The molecule has 0 fully saturated rings. The fourth-order valence-corrected chi connectivity index (χ4v) is 2.69. The predicted octanol–water partition coefficient (Wildman–Crippen LogP) is 2.26. The summed E-state index contributed by atoms with van der Waals surface area (Å²) >= 11 is 0. The third kappa shape index (κ3) is 4.13. The van der Waals surface area contributed by atoms with E-state index >= 15 is 0 Å². The van der Waals surface area contributed by atoms with Crippen molar-refractivity contribution in [2.24, 2.45) is 11.8 Å². The topological polar surface area (TPSA) is 105 Å². The monoisotopic (exact) mass is 332 g/mol. The fourth-order valence-electron chi connectivity index (χ4n) is 2.69. The van der Waals surface area contributed by atoms with Crippen molar-refractivity contribution >= 4 is 29.2 Å². The Balaban J connectivity index is 2.22. The number of amides is 2. The summed E-state index contributed by atoms with van der Waals surface area (Å²) < 4.78 is 5.21. The lowest BCUT2D eigenvalue weighted by Crippen LogP contribution is -2.34. The number of rotatable bonds is 5. The summed E-state index contributed by atoms with van der Waals surface area (Å²) in [6.07, 6.45) is 4.29. The molecular weight excluding hydrogens is 312 g/mol. The largest absolute Gasteiger partial charge is 0.495 e. The van der Waals surface area contributed by atoms with Crippen molar-refractivity contribution in [3.8, 4) is 5.75 Å². The zero-order valence-corrected chi connectivity index (χ0v) is 13.5. The van der Waals surface area contributed by atoms with E-state index in [0.29, 0.717) is 30.0 Å². The van der Waals surface area contributed by atoms with Crippen molar-refractivity contribution < 1.29 is 24.2 Å². The normalized spacial score (nSPS) is 19.4. The molecule has 1 aliphatic carbocycles. The minimum Gasteiger partial charge on any atom is -0.495 e. The number of methoxy groups -OCH3 is 1. The van der Waals surface area contributed by atoms with Gasteiger partial charge >= 0.3 is 5.97 Å². The van der Waals surface area contributed by atoms with E-state index in [9.17, 15) is 19.5 Å². The number of anilines is 2. The summed E-state index contributed by atoms with van der Waals surface area (Å²) in [6, 6.07) is 4.85. The number of carboxylic acid groups (broad SMARTS) is 1. The van der Waals surface area contributed by atoms with Crippen molar-refractivity contribution in [1.82, 2.24) is 0 Å². The number of aliphatic carboxylic acids is 1. The first-order valence-corrected chi connectivity index (χ1v) is 7.56. The first kappa shape index (κ1) is 17.5. The van der Waals surface area contributed by atoms with E-state index < -0.39 is 17.8 Å². The Kier molecular flexibility index (Phi) is 5.57. The Hall–Kier alpha value is -2.83. The van der Waals surface area contributed by atoms with E-state index in [4.69, 9.17) is 4.74 Å². The standard InChI is InChI=1S/C17H20N2O5/c1-10(20)18-11-7-8-15(24-2)14(9-11)19-16(21)12-5-3-4-6-13(12)17(22)23/h3-4,7-9,12-13H,5-6H2,1-2H3,(H,18,20)(H,19,21)(H,22,23)/t12-,13+/m0/s1. The first-order chi connectivity index (χ1) is 11.4. The van der Waals surface area contributed by atoms with Gasteiger partial charge in [-0.15, -0.1) is 0 Å². The van der Waals surface area contributed by atoms with Crippen LogP contribution in [0, 0.1) is 11.8 Å². The number of nitrogens with one attached hydrogen (secondary N) is 2. The number of carbonyl (C=O) groups excluding carboxylic acids is 2. The molecule has 7 heteroatoms. The number of hydrogen-bond donors (Lipinski definition) is 3. The Labute approximate surface area is 139 Å². The van der Waals surface area contributed by atoms with Gasteiger partial charge in [0.05, 0.1) is 24.6 Å². The van der Waals surface area contributed by atoms with Crippen molar-refractivity contribution in [1.29, 1.82) is 0 Å². The van der Waals surface area contributed by atoms with Gasteiger partial charge in [-0.3, -0.25) is 14.4 Å². The van der Waals surface area contributed by atoms with Crippen LogP contribution in [0.1, 0.15) is 19.8 Å². The molecule has 0 heterocycles. The number of allylic oxidation sites excluding steroid dienone is 2. The van der Waals surface area contributed by atoms with E-state index in [0.717, 1.165) is 0 Å². The molecule has 128 valence electrons. The second-order valence-electron chi connectivity index (χ2n) is 5.58. The summed E-state index contributed by atoms with van der Waals surface area (Å²) in [4.78, 5) is 35.0.